The van der Waals surface area contributed by atoms with E-state index in [0.717, 1.165) is 0 Å². The molecule has 0 aromatic heterocycles. The lowest BCUT2D eigenvalue weighted by molar-refractivity contribution is -0.389. The van der Waals surface area contributed by atoms with Gasteiger partial charge in [-0.3, -0.25) is 0 Å². The third-order valence-corrected chi connectivity index (χ3v) is 10.3. The minimum Gasteiger partial charge on any atom is -0.394 e. The highest BCUT2D eigenvalue weighted by Crippen LogP contribution is 2.34. The van der Waals surface area contributed by atoms with Crippen molar-refractivity contribution < 1.29 is 129 Å². The molecule has 0 aromatic rings. The summed E-state index contributed by atoms with van der Waals surface area (Å²) in [6.45, 7) is -4.27. The number of hydrogen-bond donors (Lipinski definition) is 17. The Kier molecular flexibility index (Phi) is 16.1. The number of aliphatic hydroxyl groups is 17. The second-order valence-corrected chi connectivity index (χ2v) is 14.0. The van der Waals surface area contributed by atoms with Gasteiger partial charge in [-0.15, -0.1) is 0 Å². The molecule has 26 heteroatoms. The molecule has 5 aliphatic rings. The molecule has 5 rings (SSSR count). The van der Waals surface area contributed by atoms with E-state index in [1.54, 1.807) is 0 Å². The van der Waals surface area contributed by atoms with Gasteiger partial charge in [0.15, 0.2) is 31.5 Å². The van der Waals surface area contributed by atoms with Crippen molar-refractivity contribution in [3.63, 3.8) is 0 Å². The van der Waals surface area contributed by atoms with Crippen molar-refractivity contribution >= 4 is 0 Å². The first kappa shape index (κ1) is 46.0. The Bertz CT molecular complexity index is 1200. The van der Waals surface area contributed by atoms with Crippen molar-refractivity contribution in [2.45, 2.75) is 154 Å². The lowest BCUT2D eigenvalue weighted by Gasteiger charge is -2.49. The third kappa shape index (κ3) is 9.31. The van der Waals surface area contributed by atoms with E-state index in [-0.39, 0.29) is 0 Å². The minimum absolute atomic E-state index is 0.749. The van der Waals surface area contributed by atoms with E-state index in [9.17, 15) is 86.8 Å². The zero-order valence-corrected chi connectivity index (χ0v) is 29.2. The molecule has 5 aliphatic heterocycles. The molecule has 0 aromatic carbocycles. The van der Waals surface area contributed by atoms with Gasteiger partial charge in [0.1, 0.15) is 122 Å². The standard InChI is InChI=1S/C30H52O26/c31-1-6-11(35)13(37)19(43)27(50-6)48-5-10-25(15(39)18(42)26(47)49-10)56-30-22(46)17(41)24(9(4-34)53-30)55-29-21(45)16(40)23(8(3-33)52-29)54-28-20(44)14(38)12(36)7(2-32)51-28/h6-47H,1-5H2/t6-,7-,8-,9-,10-,11+,12-,13+,14+,15-,16-,17-,18+,19-,20+,21+,22+,23-,24-,25-,26?,27?,28?,29?,30?/m1/s1. The maximum atomic E-state index is 11.1. The molecule has 25 atom stereocenters. The summed E-state index contributed by atoms with van der Waals surface area (Å²) >= 11 is 0. The van der Waals surface area contributed by atoms with Gasteiger partial charge in [0, 0.05) is 0 Å². The van der Waals surface area contributed by atoms with Crippen LogP contribution in [0.4, 0.5) is 0 Å². The molecule has 0 spiro atoms. The molecule has 0 aliphatic carbocycles. The maximum Gasteiger partial charge on any atom is 0.187 e. The van der Waals surface area contributed by atoms with E-state index in [2.05, 4.69) is 0 Å². The number of rotatable bonds is 13. The van der Waals surface area contributed by atoms with Gasteiger partial charge in [0.2, 0.25) is 0 Å². The first-order valence-corrected chi connectivity index (χ1v) is 17.6. The fourth-order valence-electron chi connectivity index (χ4n) is 6.93. The van der Waals surface area contributed by atoms with Gasteiger partial charge >= 0.3 is 0 Å². The molecule has 328 valence electrons. The van der Waals surface area contributed by atoms with Gasteiger partial charge in [0.25, 0.3) is 0 Å². The van der Waals surface area contributed by atoms with Crippen LogP contribution < -0.4 is 0 Å². The number of ether oxygens (including phenoxy) is 9. The van der Waals surface area contributed by atoms with E-state index in [1.807, 2.05) is 0 Å². The summed E-state index contributed by atoms with van der Waals surface area (Å²) in [5.41, 5.74) is 0. The number of hydrogen-bond acceptors (Lipinski definition) is 26. The van der Waals surface area contributed by atoms with E-state index in [4.69, 9.17) is 42.6 Å². The first-order valence-electron chi connectivity index (χ1n) is 17.6. The van der Waals surface area contributed by atoms with Crippen LogP contribution in [0.25, 0.3) is 0 Å². The van der Waals surface area contributed by atoms with Crippen LogP contribution in [-0.4, -0.2) is 273 Å². The van der Waals surface area contributed by atoms with Crippen molar-refractivity contribution in [2.75, 3.05) is 33.0 Å². The van der Waals surface area contributed by atoms with Crippen molar-refractivity contribution in [2.24, 2.45) is 0 Å². The summed E-state index contributed by atoms with van der Waals surface area (Å²) in [5.74, 6) is 0. The highest BCUT2D eigenvalue weighted by Gasteiger charge is 2.55. The molecule has 56 heavy (non-hydrogen) atoms. The Morgan fingerprint density at radius 2 is 0.625 bits per heavy atom. The molecule has 5 heterocycles. The highest BCUT2D eigenvalue weighted by molar-refractivity contribution is 4.98. The zero-order valence-electron chi connectivity index (χ0n) is 29.2. The van der Waals surface area contributed by atoms with E-state index >= 15 is 0 Å². The molecule has 5 unspecified atom stereocenters. The van der Waals surface area contributed by atoms with Crippen molar-refractivity contribution in [1.29, 1.82) is 0 Å². The highest BCUT2D eigenvalue weighted by atomic mass is 16.8. The van der Waals surface area contributed by atoms with Crippen LogP contribution in [0.3, 0.4) is 0 Å². The Morgan fingerprint density at radius 1 is 0.304 bits per heavy atom. The first-order chi connectivity index (χ1) is 26.5. The average Bonchev–Trinajstić information content (AvgIpc) is 3.19. The second-order valence-electron chi connectivity index (χ2n) is 14.0. The van der Waals surface area contributed by atoms with Gasteiger partial charge < -0.3 is 129 Å². The molecule has 0 amide bonds. The predicted molar refractivity (Wildman–Crippen MR) is 167 cm³/mol. The van der Waals surface area contributed by atoms with Crippen molar-refractivity contribution in [1.82, 2.24) is 0 Å². The summed E-state index contributed by atoms with van der Waals surface area (Å²) in [6.07, 6.45) is -45.7. The molecule has 5 fully saturated rings. The van der Waals surface area contributed by atoms with Crippen LogP contribution in [0.1, 0.15) is 0 Å². The Morgan fingerprint density at radius 3 is 1.04 bits per heavy atom. The van der Waals surface area contributed by atoms with Crippen LogP contribution in [0.2, 0.25) is 0 Å². The zero-order chi connectivity index (χ0) is 41.3. The quantitative estimate of drug-likeness (QED) is 0.0819. The molecule has 17 N–H and O–H groups in total. The van der Waals surface area contributed by atoms with E-state index in [0.29, 0.717) is 0 Å². The molecule has 0 saturated carbocycles. The topological polar surface area (TPSA) is 427 Å². The molecule has 0 bridgehead atoms. The maximum absolute atomic E-state index is 11.1. The van der Waals surface area contributed by atoms with Crippen LogP contribution in [-0.2, 0) is 42.6 Å². The van der Waals surface area contributed by atoms with Gasteiger partial charge in [-0.25, -0.2) is 0 Å². The smallest absolute Gasteiger partial charge is 0.187 e. The van der Waals surface area contributed by atoms with Crippen molar-refractivity contribution in [3.8, 4) is 0 Å². The van der Waals surface area contributed by atoms with Gasteiger partial charge in [0.05, 0.1) is 33.0 Å². The average molecular weight is 829 g/mol. The molecule has 26 nitrogen and oxygen atoms in total. The molecular formula is C30H52O26. The monoisotopic (exact) mass is 828 g/mol. The fourth-order valence-corrected chi connectivity index (χ4v) is 6.93. The van der Waals surface area contributed by atoms with E-state index < -0.39 is 187 Å². The largest absolute Gasteiger partial charge is 0.394 e. The van der Waals surface area contributed by atoms with Crippen LogP contribution in [0.15, 0.2) is 0 Å². The van der Waals surface area contributed by atoms with Gasteiger partial charge in [-0.2, -0.15) is 0 Å². The molecule has 5 saturated heterocycles. The predicted octanol–water partition coefficient (Wildman–Crippen LogP) is -11.9. The summed E-state index contributed by atoms with van der Waals surface area (Å²) in [7, 11) is 0. The van der Waals surface area contributed by atoms with Gasteiger partial charge in [-0.1, -0.05) is 0 Å². The van der Waals surface area contributed by atoms with E-state index in [1.165, 1.54) is 0 Å². The SMILES string of the molecule is OC[C@H]1OC(OC[C@H]2OC(O)[C@@H](O)[C@@H](O)[C@@H]2OC2O[C@H](CO)[C@@H](OC3O[C@H](CO)[C@@H](OC4O[C@H](CO)[C@@H](O)[C@H](O)[C@@H]4O)[C@H](O)[C@@H]3O)[C@H](O)[C@@H]2O)[C@H](O)[C@@H](O)[C@H]1O. The molecule has 0 radical (unpaired) electrons. The summed E-state index contributed by atoms with van der Waals surface area (Å²) in [6, 6.07) is 0. The lowest BCUT2D eigenvalue weighted by Crippen LogP contribution is -2.67. The fraction of sp³-hybridized carbons (Fsp3) is 1.00. The summed E-state index contributed by atoms with van der Waals surface area (Å²) in [5, 5.41) is 175. The Labute approximate surface area is 316 Å². The minimum atomic E-state index is -2.13. The Hall–Kier alpha value is -1.04. The van der Waals surface area contributed by atoms with Crippen molar-refractivity contribution in [3.05, 3.63) is 0 Å². The lowest BCUT2D eigenvalue weighted by atomic mass is 9.95. The normalized spacial score (nSPS) is 53.2. The van der Waals surface area contributed by atoms with Crippen LogP contribution >= 0.6 is 0 Å². The third-order valence-electron chi connectivity index (χ3n) is 10.3. The van der Waals surface area contributed by atoms with Gasteiger partial charge in [-0.05, 0) is 0 Å². The van der Waals surface area contributed by atoms with Crippen LogP contribution in [0, 0.1) is 0 Å². The number of aliphatic hydroxyl groups excluding tert-OH is 17. The summed E-state index contributed by atoms with van der Waals surface area (Å²) < 4.78 is 49.1. The van der Waals surface area contributed by atoms with Crippen LogP contribution in [0.5, 0.6) is 0 Å². The molecular weight excluding hydrogens is 776 g/mol. The second kappa shape index (κ2) is 19.6. The Balaban J connectivity index is 1.24. The summed E-state index contributed by atoms with van der Waals surface area (Å²) in [4.78, 5) is 0.